The number of thiol groups is 1. The first-order chi connectivity index (χ1) is 16.9. The number of carboxylic acid groups (broad SMARTS) is 2. The normalized spacial score (nSPS) is 15.2. The zero-order chi connectivity index (χ0) is 27.0. The van der Waals surface area contributed by atoms with Gasteiger partial charge in [0.1, 0.15) is 18.1 Å². The van der Waals surface area contributed by atoms with Gasteiger partial charge in [-0.15, -0.1) is 0 Å². The number of carbonyl (C=O) groups is 5. The van der Waals surface area contributed by atoms with Gasteiger partial charge in [0.2, 0.25) is 17.7 Å². The summed E-state index contributed by atoms with van der Waals surface area (Å²) in [4.78, 5) is 63.2. The van der Waals surface area contributed by atoms with Gasteiger partial charge >= 0.3 is 11.9 Å². The molecule has 0 fully saturated rings. The molecule has 36 heavy (non-hydrogen) atoms. The van der Waals surface area contributed by atoms with Crippen molar-refractivity contribution in [2.75, 3.05) is 5.75 Å². The van der Waals surface area contributed by atoms with Crippen LogP contribution in [0.15, 0.2) is 30.5 Å². The molecule has 196 valence electrons. The van der Waals surface area contributed by atoms with Gasteiger partial charge < -0.3 is 42.0 Å². The summed E-state index contributed by atoms with van der Waals surface area (Å²) in [7, 11) is 0. The maximum atomic E-state index is 12.8. The van der Waals surface area contributed by atoms with E-state index in [0.29, 0.717) is 5.56 Å². The third-order valence-corrected chi connectivity index (χ3v) is 5.69. The van der Waals surface area contributed by atoms with E-state index in [4.69, 9.17) is 10.8 Å². The van der Waals surface area contributed by atoms with Gasteiger partial charge in [0.05, 0.1) is 18.6 Å². The van der Waals surface area contributed by atoms with Gasteiger partial charge in [0, 0.05) is 29.3 Å². The number of H-pyrrole nitrogens is 1. The van der Waals surface area contributed by atoms with Crippen LogP contribution in [0.3, 0.4) is 0 Å². The topological polar surface area (TPSA) is 224 Å². The fourth-order valence-corrected chi connectivity index (χ4v) is 3.65. The van der Waals surface area contributed by atoms with E-state index < -0.39 is 66.4 Å². The predicted octanol–water partition coefficient (Wildman–Crippen LogP) is -1.64. The molecule has 0 aliphatic rings. The molecule has 0 aliphatic heterocycles. The standard InChI is InChI=1S/C22H29N5O8S/c1-10(28)18(27-19(31)13(23)7-17(29)30)21(33)26-16(9-36)20(32)25-15(22(34)35)6-11-8-24-14-5-3-2-4-12(11)14/h2-5,8,10,13,15-16,18,24,28,36H,6-7,9,23H2,1H3,(H,25,32)(H,26,33)(H,27,31)(H,29,30)(H,34,35). The Labute approximate surface area is 211 Å². The first kappa shape index (κ1) is 28.6. The van der Waals surface area contributed by atoms with E-state index >= 15 is 0 Å². The number of aromatic amines is 1. The maximum Gasteiger partial charge on any atom is 0.326 e. The summed E-state index contributed by atoms with van der Waals surface area (Å²) in [5.41, 5.74) is 6.94. The highest BCUT2D eigenvalue weighted by Gasteiger charge is 2.32. The summed E-state index contributed by atoms with van der Waals surface area (Å²) in [6.07, 6.45) is -0.514. The van der Waals surface area contributed by atoms with Gasteiger partial charge in [-0.3, -0.25) is 19.2 Å². The van der Waals surface area contributed by atoms with Crippen LogP contribution in [-0.4, -0.2) is 86.0 Å². The van der Waals surface area contributed by atoms with Crippen LogP contribution >= 0.6 is 12.6 Å². The minimum Gasteiger partial charge on any atom is -0.481 e. The number of para-hydroxylation sites is 1. The highest BCUT2D eigenvalue weighted by atomic mass is 32.1. The molecule has 0 radical (unpaired) electrons. The van der Waals surface area contributed by atoms with Crippen LogP contribution in [-0.2, 0) is 30.4 Å². The molecule has 1 aromatic heterocycles. The predicted molar refractivity (Wildman–Crippen MR) is 131 cm³/mol. The third-order valence-electron chi connectivity index (χ3n) is 5.32. The quantitative estimate of drug-likeness (QED) is 0.137. The molecule has 3 amide bonds. The second-order valence-electron chi connectivity index (χ2n) is 8.14. The molecule has 0 saturated heterocycles. The van der Waals surface area contributed by atoms with Crippen LogP contribution < -0.4 is 21.7 Å². The largest absolute Gasteiger partial charge is 0.481 e. The summed E-state index contributed by atoms with van der Waals surface area (Å²) >= 11 is 4.04. The van der Waals surface area contributed by atoms with Crippen molar-refractivity contribution >= 4 is 53.2 Å². The molecule has 1 heterocycles. The van der Waals surface area contributed by atoms with E-state index in [1.54, 1.807) is 12.3 Å². The van der Waals surface area contributed by atoms with Crippen LogP contribution in [0.1, 0.15) is 18.9 Å². The van der Waals surface area contributed by atoms with Crippen molar-refractivity contribution < 1.29 is 39.3 Å². The summed E-state index contributed by atoms with van der Waals surface area (Å²) in [5, 5.41) is 36.0. The van der Waals surface area contributed by atoms with Gasteiger partial charge in [-0.05, 0) is 18.6 Å². The number of nitrogens with two attached hydrogens (primary N) is 1. The number of hydrogen-bond donors (Lipinski definition) is 9. The Morgan fingerprint density at radius 1 is 1.00 bits per heavy atom. The SMILES string of the molecule is CC(O)C(NC(=O)C(N)CC(=O)O)C(=O)NC(CS)C(=O)NC(Cc1c[nH]c2ccccc12)C(=O)O. The van der Waals surface area contributed by atoms with Gasteiger partial charge in [0.25, 0.3) is 0 Å². The number of amides is 3. The van der Waals surface area contributed by atoms with Crippen LogP contribution in [0.4, 0.5) is 0 Å². The third kappa shape index (κ3) is 7.69. The van der Waals surface area contributed by atoms with Crippen LogP contribution in [0.25, 0.3) is 10.9 Å². The fraction of sp³-hybridized carbons (Fsp3) is 0.409. The van der Waals surface area contributed by atoms with E-state index in [-0.39, 0.29) is 12.2 Å². The summed E-state index contributed by atoms with van der Waals surface area (Å²) in [5.74, 6) is -5.66. The molecule has 14 heteroatoms. The van der Waals surface area contributed by atoms with E-state index in [2.05, 4.69) is 33.6 Å². The van der Waals surface area contributed by atoms with E-state index in [1.165, 1.54) is 6.92 Å². The summed E-state index contributed by atoms with van der Waals surface area (Å²) in [6.45, 7) is 1.20. The lowest BCUT2D eigenvalue weighted by Gasteiger charge is -2.25. The minimum atomic E-state index is -1.56. The number of aliphatic hydroxyl groups excluding tert-OH is 1. The summed E-state index contributed by atoms with van der Waals surface area (Å²) < 4.78 is 0. The first-order valence-corrected chi connectivity index (χ1v) is 11.5. The average Bonchev–Trinajstić information content (AvgIpc) is 3.22. The number of fused-ring (bicyclic) bond motifs is 1. The number of nitrogens with one attached hydrogen (secondary N) is 4. The minimum absolute atomic E-state index is 0.0356. The van der Waals surface area contributed by atoms with Gasteiger partial charge in [-0.25, -0.2) is 4.79 Å². The number of carboxylic acids is 2. The number of hydrogen-bond acceptors (Lipinski definition) is 8. The van der Waals surface area contributed by atoms with E-state index in [1.807, 2.05) is 18.2 Å². The number of benzene rings is 1. The molecule has 0 bridgehead atoms. The Balaban J connectivity index is 2.08. The molecule has 9 N–H and O–H groups in total. The molecule has 5 unspecified atom stereocenters. The van der Waals surface area contributed by atoms with Crippen molar-refractivity contribution in [3.63, 3.8) is 0 Å². The second-order valence-corrected chi connectivity index (χ2v) is 8.50. The van der Waals surface area contributed by atoms with E-state index in [0.717, 1.165) is 10.9 Å². The maximum absolute atomic E-state index is 12.8. The Morgan fingerprint density at radius 3 is 2.22 bits per heavy atom. The lowest BCUT2D eigenvalue weighted by molar-refractivity contribution is -0.142. The number of aromatic nitrogens is 1. The lowest BCUT2D eigenvalue weighted by Crippen LogP contribution is -2.60. The molecule has 0 spiro atoms. The first-order valence-electron chi connectivity index (χ1n) is 10.9. The van der Waals surface area contributed by atoms with Crippen molar-refractivity contribution in [1.29, 1.82) is 0 Å². The molecule has 2 rings (SSSR count). The van der Waals surface area contributed by atoms with Gasteiger partial charge in [0.15, 0.2) is 0 Å². The highest BCUT2D eigenvalue weighted by molar-refractivity contribution is 7.80. The Morgan fingerprint density at radius 2 is 1.64 bits per heavy atom. The second kappa shape index (κ2) is 12.9. The van der Waals surface area contributed by atoms with Crippen molar-refractivity contribution in [3.8, 4) is 0 Å². The van der Waals surface area contributed by atoms with Crippen molar-refractivity contribution in [3.05, 3.63) is 36.0 Å². The highest BCUT2D eigenvalue weighted by Crippen LogP contribution is 2.19. The molecule has 1 aromatic carbocycles. The number of rotatable bonds is 13. The van der Waals surface area contributed by atoms with Crippen molar-refractivity contribution in [2.24, 2.45) is 5.73 Å². The Kier molecular flexibility index (Phi) is 10.3. The van der Waals surface area contributed by atoms with Crippen LogP contribution in [0.5, 0.6) is 0 Å². The average molecular weight is 524 g/mol. The molecular formula is C22H29N5O8S. The molecule has 13 nitrogen and oxygen atoms in total. The molecule has 0 aliphatic carbocycles. The van der Waals surface area contributed by atoms with Crippen molar-refractivity contribution in [2.45, 2.75) is 50.0 Å². The Bertz CT molecular complexity index is 1120. The van der Waals surface area contributed by atoms with Gasteiger partial charge in [-0.1, -0.05) is 18.2 Å². The molecule has 2 aromatic rings. The zero-order valence-electron chi connectivity index (χ0n) is 19.3. The molecule has 0 saturated carbocycles. The smallest absolute Gasteiger partial charge is 0.326 e. The molecule has 5 atom stereocenters. The zero-order valence-corrected chi connectivity index (χ0v) is 20.2. The molecular weight excluding hydrogens is 494 g/mol. The Hall–Kier alpha value is -3.62. The number of aliphatic carboxylic acids is 2. The fourth-order valence-electron chi connectivity index (χ4n) is 3.39. The van der Waals surface area contributed by atoms with Crippen LogP contribution in [0.2, 0.25) is 0 Å². The summed E-state index contributed by atoms with van der Waals surface area (Å²) in [6, 6.07) is 1.59. The van der Waals surface area contributed by atoms with Gasteiger partial charge in [-0.2, -0.15) is 12.6 Å². The lowest BCUT2D eigenvalue weighted by atomic mass is 10.0. The number of carbonyl (C=O) groups excluding carboxylic acids is 3. The van der Waals surface area contributed by atoms with E-state index in [9.17, 15) is 34.2 Å². The number of aliphatic hydroxyl groups is 1. The van der Waals surface area contributed by atoms with Crippen molar-refractivity contribution in [1.82, 2.24) is 20.9 Å². The van der Waals surface area contributed by atoms with Crippen LogP contribution in [0, 0.1) is 0 Å². The monoisotopic (exact) mass is 523 g/mol.